The fourth-order valence-electron chi connectivity index (χ4n) is 2.72. The van der Waals surface area contributed by atoms with E-state index in [1.54, 1.807) is 0 Å². The second kappa shape index (κ2) is 7.02. The van der Waals surface area contributed by atoms with Gasteiger partial charge >= 0.3 is 0 Å². The summed E-state index contributed by atoms with van der Waals surface area (Å²) in [6.45, 7) is 8.05. The average molecular weight is 291 g/mol. The highest BCUT2D eigenvalue weighted by Gasteiger charge is 2.29. The fraction of sp³-hybridized carbons (Fsp3) is 0.562. The van der Waals surface area contributed by atoms with Gasteiger partial charge in [-0.15, -0.1) is 0 Å². The van der Waals surface area contributed by atoms with Gasteiger partial charge in [-0.05, 0) is 38.5 Å². The number of amides is 1. The van der Waals surface area contributed by atoms with E-state index < -0.39 is 0 Å². The summed E-state index contributed by atoms with van der Waals surface area (Å²) in [5.41, 5.74) is 7.43. The molecule has 5 heteroatoms. The Bertz CT molecular complexity index is 482. The van der Waals surface area contributed by atoms with Gasteiger partial charge in [-0.25, -0.2) is 0 Å². The summed E-state index contributed by atoms with van der Waals surface area (Å²) in [7, 11) is 0. The van der Waals surface area contributed by atoms with Crippen molar-refractivity contribution in [3.05, 3.63) is 29.8 Å². The molecule has 0 spiro atoms. The molecular weight excluding hydrogens is 266 g/mol. The normalized spacial score (nSPS) is 24.6. The number of morpholine rings is 1. The summed E-state index contributed by atoms with van der Waals surface area (Å²) in [4.78, 5) is 14.6. The van der Waals surface area contributed by atoms with Gasteiger partial charge in [-0.1, -0.05) is 12.1 Å². The number of ether oxygens (including phenoxy) is 1. The van der Waals surface area contributed by atoms with Crippen molar-refractivity contribution in [3.8, 4) is 0 Å². The van der Waals surface area contributed by atoms with Gasteiger partial charge in [0.2, 0.25) is 5.91 Å². The van der Waals surface area contributed by atoms with Crippen molar-refractivity contribution in [2.24, 2.45) is 5.73 Å². The zero-order chi connectivity index (χ0) is 15.4. The molecule has 3 atom stereocenters. The molecule has 3 unspecified atom stereocenters. The number of carbonyl (C=O) groups is 1. The zero-order valence-corrected chi connectivity index (χ0v) is 13.0. The van der Waals surface area contributed by atoms with Crippen LogP contribution in [0.25, 0.3) is 0 Å². The largest absolute Gasteiger partial charge is 0.373 e. The molecule has 1 heterocycles. The van der Waals surface area contributed by atoms with Crippen molar-refractivity contribution in [1.29, 1.82) is 0 Å². The van der Waals surface area contributed by atoms with Crippen LogP contribution in [0, 0.1) is 0 Å². The lowest BCUT2D eigenvalue weighted by Crippen LogP contribution is -2.52. The van der Waals surface area contributed by atoms with Crippen LogP contribution >= 0.6 is 0 Å². The molecule has 21 heavy (non-hydrogen) atoms. The minimum atomic E-state index is -0.180. The second-order valence-corrected chi connectivity index (χ2v) is 5.78. The smallest absolute Gasteiger partial charge is 0.241 e. The molecule has 1 amide bonds. The Labute approximate surface area is 126 Å². The molecule has 0 aromatic heterocycles. The molecule has 0 aliphatic carbocycles. The van der Waals surface area contributed by atoms with E-state index in [1.807, 2.05) is 45.0 Å². The molecule has 0 bridgehead atoms. The lowest BCUT2D eigenvalue weighted by Gasteiger charge is -2.38. The predicted molar refractivity (Wildman–Crippen MR) is 84.0 cm³/mol. The number of nitrogens with zero attached hydrogens (tertiary/aromatic N) is 1. The first-order valence-corrected chi connectivity index (χ1v) is 7.49. The maximum atomic E-state index is 12.4. The van der Waals surface area contributed by atoms with E-state index in [4.69, 9.17) is 10.5 Å². The Kier molecular flexibility index (Phi) is 5.33. The molecule has 1 aromatic rings. The van der Waals surface area contributed by atoms with E-state index in [-0.39, 0.29) is 24.2 Å². The summed E-state index contributed by atoms with van der Waals surface area (Å²) in [6.07, 6.45) is 0.314. The number of carbonyl (C=O) groups excluding carboxylic acids is 1. The first kappa shape index (κ1) is 15.9. The van der Waals surface area contributed by atoms with Crippen LogP contribution in [0.15, 0.2) is 24.3 Å². The Morgan fingerprint density at radius 1 is 1.43 bits per heavy atom. The van der Waals surface area contributed by atoms with Crippen LogP contribution < -0.4 is 11.1 Å². The van der Waals surface area contributed by atoms with Crippen LogP contribution in [0.2, 0.25) is 0 Å². The van der Waals surface area contributed by atoms with Gasteiger partial charge in [-0.3, -0.25) is 9.69 Å². The lowest BCUT2D eigenvalue weighted by molar-refractivity contribution is -0.126. The number of anilines is 1. The summed E-state index contributed by atoms with van der Waals surface area (Å²) in [5, 5.41) is 2.97. The van der Waals surface area contributed by atoms with Gasteiger partial charge in [0.1, 0.15) is 0 Å². The van der Waals surface area contributed by atoms with Crippen LogP contribution in [-0.2, 0) is 16.1 Å². The highest BCUT2D eigenvalue weighted by atomic mass is 16.5. The molecule has 0 saturated carbocycles. The first-order valence-electron chi connectivity index (χ1n) is 7.49. The molecule has 0 radical (unpaired) electrons. The Balaban J connectivity index is 1.98. The fourth-order valence-corrected chi connectivity index (χ4v) is 2.72. The van der Waals surface area contributed by atoms with E-state index in [0.29, 0.717) is 6.54 Å². The summed E-state index contributed by atoms with van der Waals surface area (Å²) < 4.78 is 5.71. The molecular formula is C16H25N3O2. The maximum absolute atomic E-state index is 12.4. The van der Waals surface area contributed by atoms with Crippen molar-refractivity contribution in [3.63, 3.8) is 0 Å². The number of hydrogen-bond donors (Lipinski definition) is 2. The van der Waals surface area contributed by atoms with E-state index in [0.717, 1.165) is 24.3 Å². The highest BCUT2D eigenvalue weighted by molar-refractivity contribution is 5.94. The van der Waals surface area contributed by atoms with Crippen molar-refractivity contribution in [2.45, 2.75) is 45.6 Å². The van der Waals surface area contributed by atoms with Crippen LogP contribution in [0.5, 0.6) is 0 Å². The number of rotatable bonds is 4. The number of nitrogens with one attached hydrogen (secondary N) is 1. The lowest BCUT2D eigenvalue weighted by atomic mass is 10.1. The van der Waals surface area contributed by atoms with Crippen LogP contribution in [0.3, 0.4) is 0 Å². The van der Waals surface area contributed by atoms with E-state index in [9.17, 15) is 4.79 Å². The quantitative estimate of drug-likeness (QED) is 0.884. The summed E-state index contributed by atoms with van der Waals surface area (Å²) >= 11 is 0. The highest BCUT2D eigenvalue weighted by Crippen LogP contribution is 2.16. The molecule has 1 fully saturated rings. The topological polar surface area (TPSA) is 67.6 Å². The SMILES string of the molecule is CC1CN(C(C)C(=O)Nc2cccc(CN)c2)CC(C)O1. The van der Waals surface area contributed by atoms with Gasteiger partial charge in [-0.2, -0.15) is 0 Å². The summed E-state index contributed by atoms with van der Waals surface area (Å²) in [6, 6.07) is 7.47. The number of nitrogens with two attached hydrogens (primary N) is 1. The van der Waals surface area contributed by atoms with E-state index in [2.05, 4.69) is 10.2 Å². The minimum Gasteiger partial charge on any atom is -0.373 e. The first-order chi connectivity index (χ1) is 9.99. The van der Waals surface area contributed by atoms with Crippen molar-refractivity contribution < 1.29 is 9.53 Å². The van der Waals surface area contributed by atoms with Gasteiger partial charge in [0.25, 0.3) is 0 Å². The molecule has 1 aliphatic heterocycles. The molecule has 1 aliphatic rings. The van der Waals surface area contributed by atoms with E-state index >= 15 is 0 Å². The third-order valence-corrected chi connectivity index (χ3v) is 3.81. The Hall–Kier alpha value is -1.43. The third-order valence-electron chi connectivity index (χ3n) is 3.81. The van der Waals surface area contributed by atoms with Crippen molar-refractivity contribution in [1.82, 2.24) is 4.90 Å². The second-order valence-electron chi connectivity index (χ2n) is 5.78. The van der Waals surface area contributed by atoms with Gasteiger partial charge in [0.05, 0.1) is 18.2 Å². The molecule has 116 valence electrons. The predicted octanol–water partition coefficient (Wildman–Crippen LogP) is 1.58. The van der Waals surface area contributed by atoms with Crippen molar-refractivity contribution in [2.75, 3.05) is 18.4 Å². The van der Waals surface area contributed by atoms with Crippen molar-refractivity contribution >= 4 is 11.6 Å². The number of benzene rings is 1. The standard InChI is InChI=1S/C16H25N3O2/c1-11-9-19(10-12(2)21-11)13(3)16(20)18-15-6-4-5-14(7-15)8-17/h4-7,11-13H,8-10,17H2,1-3H3,(H,18,20). The maximum Gasteiger partial charge on any atom is 0.241 e. The average Bonchev–Trinajstić information content (AvgIpc) is 2.45. The minimum absolute atomic E-state index is 0.00507. The van der Waals surface area contributed by atoms with Crippen LogP contribution in [0.1, 0.15) is 26.3 Å². The summed E-state index contributed by atoms with van der Waals surface area (Å²) in [5.74, 6) is 0.00507. The van der Waals surface area contributed by atoms with Gasteiger partial charge in [0, 0.05) is 25.3 Å². The van der Waals surface area contributed by atoms with E-state index in [1.165, 1.54) is 0 Å². The Morgan fingerprint density at radius 3 is 2.71 bits per heavy atom. The molecule has 1 saturated heterocycles. The van der Waals surface area contributed by atoms with Gasteiger partial charge in [0.15, 0.2) is 0 Å². The zero-order valence-electron chi connectivity index (χ0n) is 13.0. The monoisotopic (exact) mass is 291 g/mol. The third kappa shape index (κ3) is 4.27. The Morgan fingerprint density at radius 2 is 2.10 bits per heavy atom. The molecule has 5 nitrogen and oxygen atoms in total. The van der Waals surface area contributed by atoms with Crippen LogP contribution in [-0.4, -0.2) is 42.1 Å². The van der Waals surface area contributed by atoms with Gasteiger partial charge < -0.3 is 15.8 Å². The molecule has 3 N–H and O–H groups in total. The van der Waals surface area contributed by atoms with Crippen LogP contribution in [0.4, 0.5) is 5.69 Å². The molecule has 1 aromatic carbocycles. The molecule has 2 rings (SSSR count). The number of hydrogen-bond acceptors (Lipinski definition) is 4.